The third-order valence-corrected chi connectivity index (χ3v) is 3.50. The fourth-order valence-corrected chi connectivity index (χ4v) is 2.40. The molecule has 0 fully saturated rings. The van der Waals surface area contributed by atoms with E-state index in [2.05, 4.69) is 5.32 Å². The van der Waals surface area contributed by atoms with Crippen LogP contribution in [0.2, 0.25) is 5.02 Å². The van der Waals surface area contributed by atoms with Crippen LogP contribution in [-0.4, -0.2) is 25.4 Å². The minimum absolute atomic E-state index is 0.215. The summed E-state index contributed by atoms with van der Waals surface area (Å²) < 4.78 is 4.85. The number of carbonyl (C=O) groups excluding carboxylic acids is 1. The molecule has 0 aromatic heterocycles. The van der Waals surface area contributed by atoms with Crippen LogP contribution in [-0.2, 0) is 16.1 Å². The lowest BCUT2D eigenvalue weighted by atomic mass is 10.2. The third-order valence-electron chi connectivity index (χ3n) is 2.03. The molecule has 1 rings (SSSR count). The Morgan fingerprint density at radius 2 is 2.29 bits per heavy atom. The second-order valence-corrected chi connectivity index (χ2v) is 4.81. The largest absolute Gasteiger partial charge is 0.465 e. The molecule has 0 radical (unpaired) electrons. The molecule has 1 N–H and O–H groups in total. The number of thioether (sulfide) groups is 1. The van der Waals surface area contributed by atoms with Crippen molar-refractivity contribution in [3.8, 4) is 0 Å². The topological polar surface area (TPSA) is 38.3 Å². The van der Waals surface area contributed by atoms with Crippen molar-refractivity contribution in [2.24, 2.45) is 0 Å². The molecule has 0 aliphatic carbocycles. The van der Waals surface area contributed by atoms with Gasteiger partial charge in [-0.3, -0.25) is 4.79 Å². The molecular weight excluding hydrogens is 258 g/mol. The Morgan fingerprint density at radius 1 is 1.53 bits per heavy atom. The van der Waals surface area contributed by atoms with Crippen molar-refractivity contribution in [2.75, 3.05) is 19.4 Å². The number of carbonyl (C=O) groups is 1. The number of ether oxygens (including phenoxy) is 1. The molecule has 0 spiro atoms. The molecule has 17 heavy (non-hydrogen) atoms. The number of esters is 1. The van der Waals surface area contributed by atoms with E-state index in [1.165, 1.54) is 11.8 Å². The van der Waals surface area contributed by atoms with Crippen molar-refractivity contribution in [1.29, 1.82) is 0 Å². The molecule has 0 saturated carbocycles. The van der Waals surface area contributed by atoms with Gasteiger partial charge in [0.1, 0.15) is 0 Å². The highest BCUT2D eigenvalue weighted by molar-refractivity contribution is 8.00. The van der Waals surface area contributed by atoms with Gasteiger partial charge in [-0.05, 0) is 31.7 Å². The minimum Gasteiger partial charge on any atom is -0.465 e. The SMILES string of the molecule is CCOC(=O)CSc1ccc(CNC)cc1Cl. The lowest BCUT2D eigenvalue weighted by Gasteiger charge is -2.06. The van der Waals surface area contributed by atoms with Crippen molar-refractivity contribution in [2.45, 2.75) is 18.4 Å². The summed E-state index contributed by atoms with van der Waals surface area (Å²) in [6, 6.07) is 5.83. The standard InChI is InChI=1S/C12H16ClNO2S/c1-3-16-12(15)8-17-11-5-4-9(7-14-2)6-10(11)13/h4-6,14H,3,7-8H2,1-2H3. The second-order valence-electron chi connectivity index (χ2n) is 3.39. The molecule has 0 aliphatic rings. The molecular formula is C12H16ClNO2S. The Labute approximate surface area is 111 Å². The fraction of sp³-hybridized carbons (Fsp3) is 0.417. The molecule has 0 bridgehead atoms. The van der Waals surface area contributed by atoms with Crippen LogP contribution in [0, 0.1) is 0 Å². The maximum absolute atomic E-state index is 11.2. The first-order valence-corrected chi connectivity index (χ1v) is 6.75. The Kier molecular flexibility index (Phi) is 6.40. The van der Waals surface area contributed by atoms with Crippen LogP contribution in [0.25, 0.3) is 0 Å². The van der Waals surface area contributed by atoms with Gasteiger partial charge in [-0.15, -0.1) is 11.8 Å². The summed E-state index contributed by atoms with van der Waals surface area (Å²) in [6.45, 7) is 2.98. The van der Waals surface area contributed by atoms with Crippen molar-refractivity contribution in [3.05, 3.63) is 28.8 Å². The molecule has 0 atom stereocenters. The summed E-state index contributed by atoms with van der Waals surface area (Å²) in [5.41, 5.74) is 1.12. The number of benzene rings is 1. The molecule has 0 amide bonds. The van der Waals surface area contributed by atoms with E-state index in [1.54, 1.807) is 6.92 Å². The fourth-order valence-electron chi connectivity index (χ4n) is 1.31. The summed E-state index contributed by atoms with van der Waals surface area (Å²) in [6.07, 6.45) is 0. The van der Waals surface area contributed by atoms with Crippen molar-refractivity contribution in [1.82, 2.24) is 5.32 Å². The minimum atomic E-state index is -0.215. The molecule has 94 valence electrons. The highest BCUT2D eigenvalue weighted by Crippen LogP contribution is 2.28. The predicted octanol–water partition coefficient (Wildman–Crippen LogP) is 2.71. The zero-order valence-electron chi connectivity index (χ0n) is 9.96. The van der Waals surface area contributed by atoms with Gasteiger partial charge in [0.05, 0.1) is 17.4 Å². The number of hydrogen-bond donors (Lipinski definition) is 1. The summed E-state index contributed by atoms with van der Waals surface area (Å²) in [5.74, 6) is 0.0757. The van der Waals surface area contributed by atoms with E-state index in [0.717, 1.165) is 17.0 Å². The van der Waals surface area contributed by atoms with Crippen LogP contribution in [0.4, 0.5) is 0 Å². The van der Waals surface area contributed by atoms with E-state index in [-0.39, 0.29) is 5.97 Å². The van der Waals surface area contributed by atoms with E-state index in [0.29, 0.717) is 17.4 Å². The summed E-state index contributed by atoms with van der Waals surface area (Å²) in [5, 5.41) is 3.73. The second kappa shape index (κ2) is 7.58. The smallest absolute Gasteiger partial charge is 0.316 e. The first kappa shape index (κ1) is 14.4. The van der Waals surface area contributed by atoms with Gasteiger partial charge in [0.25, 0.3) is 0 Å². The summed E-state index contributed by atoms with van der Waals surface area (Å²) in [7, 11) is 1.89. The molecule has 3 nitrogen and oxygen atoms in total. The average Bonchev–Trinajstić information content (AvgIpc) is 2.29. The Hall–Kier alpha value is -0.710. The van der Waals surface area contributed by atoms with E-state index in [1.807, 2.05) is 25.2 Å². The number of rotatable bonds is 6. The molecule has 0 saturated heterocycles. The van der Waals surface area contributed by atoms with Gasteiger partial charge >= 0.3 is 5.97 Å². The first-order valence-electron chi connectivity index (χ1n) is 5.38. The average molecular weight is 274 g/mol. The zero-order chi connectivity index (χ0) is 12.7. The van der Waals surface area contributed by atoms with E-state index >= 15 is 0 Å². The highest BCUT2D eigenvalue weighted by atomic mass is 35.5. The molecule has 0 unspecified atom stereocenters. The van der Waals surface area contributed by atoms with Crippen LogP contribution in [0.3, 0.4) is 0 Å². The first-order chi connectivity index (χ1) is 8.17. The van der Waals surface area contributed by atoms with Crippen molar-refractivity contribution < 1.29 is 9.53 Å². The molecule has 0 heterocycles. The van der Waals surface area contributed by atoms with E-state index < -0.39 is 0 Å². The molecule has 0 aliphatic heterocycles. The Bertz CT molecular complexity index is 385. The van der Waals surface area contributed by atoms with Gasteiger partial charge in [0, 0.05) is 11.4 Å². The van der Waals surface area contributed by atoms with Gasteiger partial charge in [0.2, 0.25) is 0 Å². The lowest BCUT2D eigenvalue weighted by molar-refractivity contribution is -0.139. The number of nitrogens with one attached hydrogen (secondary N) is 1. The maximum Gasteiger partial charge on any atom is 0.316 e. The van der Waals surface area contributed by atoms with Gasteiger partial charge < -0.3 is 10.1 Å². The number of halogens is 1. The third kappa shape index (κ3) is 4.98. The highest BCUT2D eigenvalue weighted by Gasteiger charge is 2.06. The van der Waals surface area contributed by atoms with Gasteiger partial charge in [-0.2, -0.15) is 0 Å². The van der Waals surface area contributed by atoms with Gasteiger partial charge in [-0.1, -0.05) is 17.7 Å². The summed E-state index contributed by atoms with van der Waals surface area (Å²) >= 11 is 7.52. The molecule has 1 aromatic carbocycles. The molecule has 5 heteroatoms. The maximum atomic E-state index is 11.2. The summed E-state index contributed by atoms with van der Waals surface area (Å²) in [4.78, 5) is 12.1. The van der Waals surface area contributed by atoms with Crippen molar-refractivity contribution in [3.63, 3.8) is 0 Å². The number of hydrogen-bond acceptors (Lipinski definition) is 4. The van der Waals surface area contributed by atoms with Gasteiger partial charge in [-0.25, -0.2) is 0 Å². The Morgan fingerprint density at radius 3 is 2.88 bits per heavy atom. The lowest BCUT2D eigenvalue weighted by Crippen LogP contribution is -2.07. The van der Waals surface area contributed by atoms with Crippen LogP contribution < -0.4 is 5.32 Å². The van der Waals surface area contributed by atoms with Crippen LogP contribution in [0.5, 0.6) is 0 Å². The Balaban J connectivity index is 2.57. The van der Waals surface area contributed by atoms with Crippen LogP contribution in [0.1, 0.15) is 12.5 Å². The van der Waals surface area contributed by atoms with Crippen LogP contribution in [0.15, 0.2) is 23.1 Å². The molecule has 1 aromatic rings. The van der Waals surface area contributed by atoms with Crippen LogP contribution >= 0.6 is 23.4 Å². The van der Waals surface area contributed by atoms with Gasteiger partial charge in [0.15, 0.2) is 0 Å². The monoisotopic (exact) mass is 273 g/mol. The van der Waals surface area contributed by atoms with E-state index in [4.69, 9.17) is 16.3 Å². The predicted molar refractivity (Wildman–Crippen MR) is 71.6 cm³/mol. The van der Waals surface area contributed by atoms with Crippen molar-refractivity contribution >= 4 is 29.3 Å². The van der Waals surface area contributed by atoms with E-state index in [9.17, 15) is 4.79 Å². The quantitative estimate of drug-likeness (QED) is 0.639. The normalized spacial score (nSPS) is 10.3. The zero-order valence-corrected chi connectivity index (χ0v) is 11.5.